The zero-order chi connectivity index (χ0) is 14.8. The van der Waals surface area contributed by atoms with E-state index in [9.17, 15) is 13.2 Å². The lowest BCUT2D eigenvalue weighted by molar-refractivity contribution is -0.137. The maximum atomic E-state index is 12.4. The minimum Gasteiger partial charge on any atom is -0.332 e. The van der Waals surface area contributed by atoms with Crippen LogP contribution >= 0.6 is 11.3 Å². The summed E-state index contributed by atoms with van der Waals surface area (Å²) >= 11 is 1.39. The van der Waals surface area contributed by atoms with Crippen molar-refractivity contribution in [3.63, 3.8) is 0 Å². The van der Waals surface area contributed by atoms with Gasteiger partial charge in [0.2, 0.25) is 0 Å². The molecule has 0 bridgehead atoms. The number of hydrogen-bond acceptors (Lipinski definition) is 4. The second-order valence-electron chi connectivity index (χ2n) is 4.04. The summed E-state index contributed by atoms with van der Waals surface area (Å²) in [4.78, 5) is 9.13. The number of benzene rings is 1. The number of alkyl halides is 3. The van der Waals surface area contributed by atoms with Crippen LogP contribution in [0.15, 0.2) is 35.5 Å². The van der Waals surface area contributed by atoms with Gasteiger partial charge in [-0.15, -0.1) is 0 Å². The Kier molecular flexibility index (Phi) is 4.08. The molecule has 1 aromatic carbocycles. The lowest BCUT2D eigenvalue weighted by atomic mass is 10.2. The number of anilines is 2. The highest BCUT2D eigenvalue weighted by molar-refractivity contribution is 7.17. The van der Waals surface area contributed by atoms with Gasteiger partial charge < -0.3 is 5.32 Å². The summed E-state index contributed by atoms with van der Waals surface area (Å²) in [6.07, 6.45) is -2.64. The van der Waals surface area contributed by atoms with Crippen molar-refractivity contribution in [1.82, 2.24) is 4.98 Å². The number of halogens is 3. The second-order valence-corrected chi connectivity index (χ2v) is 5.07. The van der Waals surface area contributed by atoms with Gasteiger partial charge in [0.1, 0.15) is 0 Å². The lowest BCUT2D eigenvalue weighted by Crippen LogP contribution is -2.04. The van der Waals surface area contributed by atoms with E-state index in [1.807, 2.05) is 6.92 Å². The van der Waals surface area contributed by atoms with E-state index in [4.69, 9.17) is 0 Å². The summed E-state index contributed by atoms with van der Waals surface area (Å²) in [6.45, 7) is 1.87. The summed E-state index contributed by atoms with van der Waals surface area (Å²) in [5.41, 5.74) is 0.754. The van der Waals surface area contributed by atoms with Crippen molar-refractivity contribution in [3.8, 4) is 0 Å². The van der Waals surface area contributed by atoms with Gasteiger partial charge in [-0.1, -0.05) is 11.3 Å². The van der Waals surface area contributed by atoms with Gasteiger partial charge in [-0.25, -0.2) is 4.98 Å². The van der Waals surface area contributed by atoms with Crippen molar-refractivity contribution in [2.45, 2.75) is 13.1 Å². The number of nitrogens with zero attached hydrogens (tertiary/aromatic N) is 2. The Morgan fingerprint density at radius 2 is 1.90 bits per heavy atom. The van der Waals surface area contributed by atoms with Crippen LogP contribution in [-0.4, -0.2) is 17.7 Å². The van der Waals surface area contributed by atoms with E-state index in [1.54, 1.807) is 13.2 Å². The van der Waals surface area contributed by atoms with E-state index in [0.717, 1.165) is 22.7 Å². The molecule has 0 fully saturated rings. The molecule has 1 N–H and O–H groups in total. The minimum atomic E-state index is -4.32. The van der Waals surface area contributed by atoms with E-state index in [0.29, 0.717) is 10.8 Å². The molecular weight excluding hydrogens is 287 g/mol. The fourth-order valence-electron chi connectivity index (χ4n) is 1.48. The van der Waals surface area contributed by atoms with Gasteiger partial charge in [0.25, 0.3) is 0 Å². The van der Waals surface area contributed by atoms with E-state index in [1.165, 1.54) is 23.5 Å². The lowest BCUT2D eigenvalue weighted by Gasteiger charge is -2.07. The smallest absolute Gasteiger partial charge is 0.332 e. The predicted octanol–water partition coefficient (Wildman–Crippen LogP) is 4.34. The monoisotopic (exact) mass is 299 g/mol. The summed E-state index contributed by atoms with van der Waals surface area (Å²) in [5.74, 6) is 0. The quantitative estimate of drug-likeness (QED) is 0.856. The Balaban J connectivity index is 2.12. The van der Waals surface area contributed by atoms with Crippen LogP contribution in [0.1, 0.15) is 17.4 Å². The molecule has 0 saturated heterocycles. The zero-order valence-electron chi connectivity index (χ0n) is 10.8. The molecule has 0 atom stereocenters. The van der Waals surface area contributed by atoms with Gasteiger partial charge in [0, 0.05) is 18.9 Å². The number of hydrogen-bond donors (Lipinski definition) is 1. The number of aliphatic imine (C=N–C) groups is 1. The summed E-state index contributed by atoms with van der Waals surface area (Å²) in [5, 5.41) is 3.58. The highest BCUT2D eigenvalue weighted by Gasteiger charge is 2.29. The predicted molar refractivity (Wildman–Crippen MR) is 75.0 cm³/mol. The molecule has 0 amide bonds. The van der Waals surface area contributed by atoms with Crippen LogP contribution in [0.25, 0.3) is 0 Å². The molecular formula is C13H12F3N3S. The first kappa shape index (κ1) is 14.5. The highest BCUT2D eigenvalue weighted by atomic mass is 32.1. The van der Waals surface area contributed by atoms with Crippen molar-refractivity contribution in [2.24, 2.45) is 4.99 Å². The molecule has 3 nitrogen and oxygen atoms in total. The average molecular weight is 299 g/mol. The van der Waals surface area contributed by atoms with Crippen LogP contribution in [0.5, 0.6) is 0 Å². The Bertz CT molecular complexity index is 615. The Labute approximate surface area is 118 Å². The average Bonchev–Trinajstić information content (AvgIpc) is 2.86. The number of aromatic nitrogens is 1. The fraction of sp³-hybridized carbons (Fsp3) is 0.231. The molecule has 1 heterocycles. The molecule has 2 aromatic rings. The number of rotatable bonds is 3. The molecule has 106 valence electrons. The summed E-state index contributed by atoms with van der Waals surface area (Å²) in [6, 6.07) is 4.83. The molecule has 0 aliphatic rings. The first-order valence-corrected chi connectivity index (χ1v) is 6.55. The molecule has 1 aromatic heterocycles. The normalized spacial score (nSPS) is 12.6. The maximum Gasteiger partial charge on any atom is 0.416 e. The summed E-state index contributed by atoms with van der Waals surface area (Å²) in [7, 11) is 1.69. The zero-order valence-corrected chi connectivity index (χ0v) is 11.6. The van der Waals surface area contributed by atoms with Gasteiger partial charge in [-0.05, 0) is 31.2 Å². The fourth-order valence-corrected chi connectivity index (χ4v) is 2.30. The second kappa shape index (κ2) is 5.62. The van der Waals surface area contributed by atoms with Gasteiger partial charge in [0.15, 0.2) is 5.13 Å². The van der Waals surface area contributed by atoms with Crippen molar-refractivity contribution >= 4 is 27.9 Å². The Morgan fingerprint density at radius 1 is 1.25 bits per heavy atom. The van der Waals surface area contributed by atoms with Crippen molar-refractivity contribution in [2.75, 3.05) is 12.4 Å². The molecule has 7 heteroatoms. The molecule has 0 aliphatic heterocycles. The van der Waals surface area contributed by atoms with E-state index < -0.39 is 11.7 Å². The molecule has 0 unspecified atom stereocenters. The van der Waals surface area contributed by atoms with Crippen LogP contribution < -0.4 is 5.32 Å². The van der Waals surface area contributed by atoms with Crippen molar-refractivity contribution in [3.05, 3.63) is 40.9 Å². The Hall–Kier alpha value is -1.89. The molecule has 20 heavy (non-hydrogen) atoms. The first-order valence-electron chi connectivity index (χ1n) is 5.74. The van der Waals surface area contributed by atoms with Crippen LogP contribution in [-0.2, 0) is 6.18 Å². The van der Waals surface area contributed by atoms with Gasteiger partial charge in [-0.2, -0.15) is 13.2 Å². The van der Waals surface area contributed by atoms with Crippen LogP contribution in [0.4, 0.5) is 24.0 Å². The maximum absolute atomic E-state index is 12.4. The van der Waals surface area contributed by atoms with Crippen LogP contribution in [0.3, 0.4) is 0 Å². The Morgan fingerprint density at radius 3 is 2.45 bits per heavy atom. The van der Waals surface area contributed by atoms with Gasteiger partial charge in [0.05, 0.1) is 16.2 Å². The highest BCUT2D eigenvalue weighted by Crippen LogP contribution is 2.30. The third-order valence-corrected chi connectivity index (χ3v) is 3.68. The molecule has 0 saturated carbocycles. The molecule has 0 aliphatic carbocycles. The van der Waals surface area contributed by atoms with Gasteiger partial charge in [-0.3, -0.25) is 4.99 Å². The standard InChI is InChI=1S/C13H12F3N3S/c1-8(17-2)11-7-18-12(20-11)19-10-5-3-9(4-6-10)13(14,15)16/h3-7H,1-2H3,(H,18,19). The third kappa shape index (κ3) is 3.36. The van der Waals surface area contributed by atoms with Crippen LogP contribution in [0.2, 0.25) is 0 Å². The third-order valence-electron chi connectivity index (χ3n) is 2.66. The first-order chi connectivity index (χ1) is 9.40. The van der Waals surface area contributed by atoms with E-state index in [-0.39, 0.29) is 0 Å². The minimum absolute atomic E-state index is 0.560. The largest absolute Gasteiger partial charge is 0.416 e. The molecule has 2 rings (SSSR count). The number of thiazole rings is 1. The van der Waals surface area contributed by atoms with Gasteiger partial charge >= 0.3 is 6.18 Å². The number of nitrogens with one attached hydrogen (secondary N) is 1. The topological polar surface area (TPSA) is 37.3 Å². The van der Waals surface area contributed by atoms with Crippen LogP contribution in [0, 0.1) is 0 Å². The van der Waals surface area contributed by atoms with E-state index in [2.05, 4.69) is 15.3 Å². The molecule has 0 spiro atoms. The van der Waals surface area contributed by atoms with Crippen molar-refractivity contribution < 1.29 is 13.2 Å². The summed E-state index contributed by atoms with van der Waals surface area (Å²) < 4.78 is 37.3. The van der Waals surface area contributed by atoms with Crippen molar-refractivity contribution in [1.29, 1.82) is 0 Å². The molecule has 0 radical (unpaired) electrons. The SMILES string of the molecule is CN=C(C)c1cnc(Nc2ccc(C(F)(F)F)cc2)s1. The van der Waals surface area contributed by atoms with E-state index >= 15 is 0 Å².